The number of methoxy groups -OCH3 is 1. The molecule has 1 unspecified atom stereocenters. The highest BCUT2D eigenvalue weighted by molar-refractivity contribution is 14.1. The maximum atomic E-state index is 13.3. The first-order valence-corrected chi connectivity index (χ1v) is 7.83. The van der Waals surface area contributed by atoms with Crippen molar-refractivity contribution in [3.63, 3.8) is 0 Å². The summed E-state index contributed by atoms with van der Waals surface area (Å²) >= 11 is 2.18. The van der Waals surface area contributed by atoms with E-state index in [2.05, 4.69) is 40.9 Å². The molecule has 112 valence electrons. The highest BCUT2D eigenvalue weighted by Crippen LogP contribution is 2.32. The summed E-state index contributed by atoms with van der Waals surface area (Å²) < 4.78 is 19.6. The van der Waals surface area contributed by atoms with E-state index in [4.69, 9.17) is 4.74 Å². The Labute approximate surface area is 138 Å². The number of halogens is 2. The van der Waals surface area contributed by atoms with E-state index in [0.717, 1.165) is 26.0 Å². The minimum Gasteiger partial charge on any atom is -0.496 e. The van der Waals surface area contributed by atoms with Gasteiger partial charge in [0.25, 0.3) is 0 Å². The van der Waals surface area contributed by atoms with E-state index in [-0.39, 0.29) is 11.9 Å². The van der Waals surface area contributed by atoms with E-state index >= 15 is 0 Å². The Bertz CT molecular complexity index is 657. The fraction of sp³-hybridized carbons (Fsp3) is 0.294. The van der Waals surface area contributed by atoms with Gasteiger partial charge in [0.05, 0.1) is 13.2 Å². The van der Waals surface area contributed by atoms with Crippen LogP contribution in [0.4, 0.5) is 4.39 Å². The van der Waals surface area contributed by atoms with Crippen molar-refractivity contribution in [3.05, 3.63) is 62.0 Å². The normalized spacial score (nSPS) is 12.3. The summed E-state index contributed by atoms with van der Waals surface area (Å²) in [5, 5.41) is 3.33. The van der Waals surface area contributed by atoms with Crippen molar-refractivity contribution in [2.45, 2.75) is 19.9 Å². The summed E-state index contributed by atoms with van der Waals surface area (Å²) in [7, 11) is 3.60. The van der Waals surface area contributed by atoms with Gasteiger partial charge in [0.2, 0.25) is 0 Å². The molecule has 1 N–H and O–H groups in total. The van der Waals surface area contributed by atoms with Crippen LogP contribution in [0, 0.1) is 23.2 Å². The Morgan fingerprint density at radius 2 is 1.81 bits per heavy atom. The van der Waals surface area contributed by atoms with E-state index in [1.807, 2.05) is 26.1 Å². The minimum absolute atomic E-state index is 0.0297. The van der Waals surface area contributed by atoms with Gasteiger partial charge in [0.15, 0.2) is 0 Å². The van der Waals surface area contributed by atoms with Gasteiger partial charge in [-0.05, 0) is 83.9 Å². The monoisotopic (exact) mass is 399 g/mol. The Hall–Kier alpha value is -1.14. The third-order valence-electron chi connectivity index (χ3n) is 3.66. The van der Waals surface area contributed by atoms with Crippen LogP contribution in [-0.4, -0.2) is 14.2 Å². The summed E-state index contributed by atoms with van der Waals surface area (Å²) in [4.78, 5) is 0. The molecule has 0 amide bonds. The van der Waals surface area contributed by atoms with Crippen molar-refractivity contribution < 1.29 is 9.13 Å². The van der Waals surface area contributed by atoms with Crippen molar-refractivity contribution in [2.75, 3.05) is 14.2 Å². The number of rotatable bonds is 4. The van der Waals surface area contributed by atoms with Crippen LogP contribution in [0.3, 0.4) is 0 Å². The average Bonchev–Trinajstić information content (AvgIpc) is 2.45. The zero-order valence-electron chi connectivity index (χ0n) is 12.6. The summed E-state index contributed by atoms with van der Waals surface area (Å²) in [6.07, 6.45) is 0. The SMILES string of the molecule is CNC(c1cc(C)c(OC)cc1C)c1ccc(F)cc1I. The molecule has 0 heterocycles. The first-order chi connectivity index (χ1) is 9.97. The van der Waals surface area contributed by atoms with Gasteiger partial charge in [0.1, 0.15) is 11.6 Å². The molecule has 0 fully saturated rings. The van der Waals surface area contributed by atoms with E-state index in [1.54, 1.807) is 13.2 Å². The zero-order chi connectivity index (χ0) is 15.6. The van der Waals surface area contributed by atoms with Gasteiger partial charge in [-0.25, -0.2) is 4.39 Å². The molecule has 1 atom stereocenters. The van der Waals surface area contributed by atoms with E-state index < -0.39 is 0 Å². The second-order valence-electron chi connectivity index (χ2n) is 5.07. The predicted octanol–water partition coefficient (Wildman–Crippen LogP) is 4.36. The van der Waals surface area contributed by atoms with E-state index in [1.165, 1.54) is 11.6 Å². The second-order valence-corrected chi connectivity index (χ2v) is 6.23. The van der Waals surface area contributed by atoms with Crippen LogP contribution in [0.2, 0.25) is 0 Å². The number of aryl methyl sites for hydroxylation is 2. The van der Waals surface area contributed by atoms with Gasteiger partial charge in [-0.15, -0.1) is 0 Å². The number of hydrogen-bond donors (Lipinski definition) is 1. The van der Waals surface area contributed by atoms with E-state index in [0.29, 0.717) is 0 Å². The van der Waals surface area contributed by atoms with Gasteiger partial charge in [-0.2, -0.15) is 0 Å². The van der Waals surface area contributed by atoms with Crippen molar-refractivity contribution in [1.29, 1.82) is 0 Å². The molecular formula is C17H19FINO. The van der Waals surface area contributed by atoms with Crippen LogP contribution >= 0.6 is 22.6 Å². The molecule has 21 heavy (non-hydrogen) atoms. The third kappa shape index (κ3) is 3.37. The molecule has 2 aromatic carbocycles. The van der Waals surface area contributed by atoms with Gasteiger partial charge in [0, 0.05) is 3.57 Å². The van der Waals surface area contributed by atoms with E-state index in [9.17, 15) is 4.39 Å². The molecular weight excluding hydrogens is 380 g/mol. The maximum absolute atomic E-state index is 13.3. The first-order valence-electron chi connectivity index (χ1n) is 6.75. The molecule has 0 saturated heterocycles. The second kappa shape index (κ2) is 6.75. The summed E-state index contributed by atoms with van der Waals surface area (Å²) in [5.74, 6) is 0.681. The van der Waals surface area contributed by atoms with Crippen molar-refractivity contribution in [3.8, 4) is 5.75 Å². The fourth-order valence-corrected chi connectivity index (χ4v) is 3.35. The molecule has 0 aliphatic heterocycles. The number of hydrogen-bond acceptors (Lipinski definition) is 2. The summed E-state index contributed by atoms with van der Waals surface area (Å²) in [6, 6.07) is 9.12. The maximum Gasteiger partial charge on any atom is 0.124 e. The Kier molecular flexibility index (Phi) is 5.22. The predicted molar refractivity (Wildman–Crippen MR) is 92.5 cm³/mol. The lowest BCUT2D eigenvalue weighted by Gasteiger charge is -2.22. The van der Waals surface area contributed by atoms with Gasteiger partial charge >= 0.3 is 0 Å². The summed E-state index contributed by atoms with van der Waals surface area (Å²) in [6.45, 7) is 4.10. The first kappa shape index (κ1) is 16.2. The lowest BCUT2D eigenvalue weighted by Crippen LogP contribution is -2.20. The lowest BCUT2D eigenvalue weighted by molar-refractivity contribution is 0.411. The molecule has 0 radical (unpaired) electrons. The molecule has 4 heteroatoms. The van der Waals surface area contributed by atoms with Crippen LogP contribution in [-0.2, 0) is 0 Å². The molecule has 0 aliphatic carbocycles. The van der Waals surface area contributed by atoms with Crippen molar-refractivity contribution >= 4 is 22.6 Å². The van der Waals surface area contributed by atoms with Crippen LogP contribution in [0.1, 0.15) is 28.3 Å². The molecule has 0 bridgehead atoms. The molecule has 2 nitrogen and oxygen atoms in total. The Morgan fingerprint density at radius 3 is 2.38 bits per heavy atom. The fourth-order valence-electron chi connectivity index (χ4n) is 2.56. The standard InChI is InChI=1S/C17H19FINO/c1-10-8-16(21-4)11(2)7-14(10)17(20-3)13-6-5-12(18)9-15(13)19/h5-9,17,20H,1-4H3. The van der Waals surface area contributed by atoms with Crippen LogP contribution in [0.15, 0.2) is 30.3 Å². The minimum atomic E-state index is -0.208. The molecule has 0 aromatic heterocycles. The highest BCUT2D eigenvalue weighted by Gasteiger charge is 2.18. The summed E-state index contributed by atoms with van der Waals surface area (Å²) in [5.41, 5.74) is 4.50. The van der Waals surface area contributed by atoms with Crippen molar-refractivity contribution in [2.24, 2.45) is 0 Å². The average molecular weight is 399 g/mol. The molecule has 0 saturated carbocycles. The van der Waals surface area contributed by atoms with Gasteiger partial charge in [-0.3, -0.25) is 0 Å². The van der Waals surface area contributed by atoms with Crippen LogP contribution in [0.25, 0.3) is 0 Å². The smallest absolute Gasteiger partial charge is 0.124 e. The molecule has 2 rings (SSSR count). The van der Waals surface area contributed by atoms with Gasteiger partial charge < -0.3 is 10.1 Å². The largest absolute Gasteiger partial charge is 0.496 e. The highest BCUT2D eigenvalue weighted by atomic mass is 127. The Morgan fingerprint density at radius 1 is 1.10 bits per heavy atom. The molecule has 0 aliphatic rings. The Balaban J connectivity index is 2.53. The van der Waals surface area contributed by atoms with Gasteiger partial charge in [-0.1, -0.05) is 12.1 Å². The third-order valence-corrected chi connectivity index (χ3v) is 4.59. The number of nitrogens with one attached hydrogen (secondary N) is 1. The number of ether oxygens (including phenoxy) is 1. The quantitative estimate of drug-likeness (QED) is 0.772. The van der Waals surface area contributed by atoms with Crippen molar-refractivity contribution in [1.82, 2.24) is 5.32 Å². The topological polar surface area (TPSA) is 21.3 Å². The lowest BCUT2D eigenvalue weighted by atomic mass is 9.93. The molecule has 2 aromatic rings. The molecule has 0 spiro atoms. The van der Waals surface area contributed by atoms with Crippen LogP contribution < -0.4 is 10.1 Å². The van der Waals surface area contributed by atoms with Crippen LogP contribution in [0.5, 0.6) is 5.75 Å². The zero-order valence-corrected chi connectivity index (χ0v) is 14.8. The number of benzene rings is 2.